The van der Waals surface area contributed by atoms with Crippen LogP contribution >= 0.6 is 11.3 Å². The summed E-state index contributed by atoms with van der Waals surface area (Å²) >= 11 is 0.633. The molecule has 0 amide bonds. The van der Waals surface area contributed by atoms with Gasteiger partial charge in [0.05, 0.1) is 5.69 Å². The van der Waals surface area contributed by atoms with Gasteiger partial charge in [-0.2, -0.15) is 0 Å². The second-order valence-electron chi connectivity index (χ2n) is 5.61. The van der Waals surface area contributed by atoms with Crippen molar-refractivity contribution >= 4 is 22.7 Å². The summed E-state index contributed by atoms with van der Waals surface area (Å²) in [6.45, 7) is 7.94. The first-order valence-electron chi connectivity index (χ1n) is 6.01. The molecule has 1 aliphatic rings. The lowest BCUT2D eigenvalue weighted by Crippen LogP contribution is -2.40. The third-order valence-electron chi connectivity index (χ3n) is 2.75. The van der Waals surface area contributed by atoms with Gasteiger partial charge in [-0.05, 0) is 40.5 Å². The molecule has 0 aromatic carbocycles. The molecule has 1 heterocycles. The summed E-state index contributed by atoms with van der Waals surface area (Å²) in [5.41, 5.74) is 1.22. The second kappa shape index (κ2) is 4.88. The zero-order valence-corrected chi connectivity index (χ0v) is 12.5. The monoisotopic (exact) mass is 272 g/mol. The van der Waals surface area contributed by atoms with Gasteiger partial charge in [0.1, 0.15) is 15.8 Å². The van der Waals surface area contributed by atoms with Crippen LogP contribution in [0.5, 0.6) is 0 Å². The van der Waals surface area contributed by atoms with Crippen LogP contribution in [0.15, 0.2) is 5.38 Å². The number of thiazole rings is 1. The Labute approximate surface area is 110 Å². The zero-order chi connectivity index (χ0) is 12.6. The molecule has 17 heavy (non-hydrogen) atoms. The lowest BCUT2D eigenvalue weighted by molar-refractivity contribution is 0.530. The summed E-state index contributed by atoms with van der Waals surface area (Å²) < 4.78 is 14.9. The normalized spacial score (nSPS) is 20.3. The van der Waals surface area contributed by atoms with E-state index >= 15 is 0 Å². The minimum atomic E-state index is -1.04. The van der Waals surface area contributed by atoms with Gasteiger partial charge in [0.2, 0.25) is 0 Å². The molecule has 1 aliphatic carbocycles. The first-order chi connectivity index (χ1) is 7.88. The van der Waals surface area contributed by atoms with E-state index in [1.54, 1.807) is 11.3 Å². The molecule has 2 atom stereocenters. The molecule has 0 bridgehead atoms. The predicted molar refractivity (Wildman–Crippen MR) is 73.5 cm³/mol. The highest BCUT2D eigenvalue weighted by Crippen LogP contribution is 2.40. The van der Waals surface area contributed by atoms with Crippen molar-refractivity contribution in [2.75, 3.05) is 0 Å². The molecule has 5 heteroatoms. The van der Waals surface area contributed by atoms with E-state index < -0.39 is 11.4 Å². The van der Waals surface area contributed by atoms with Gasteiger partial charge in [-0.15, -0.1) is 16.1 Å². The van der Waals surface area contributed by atoms with E-state index in [-0.39, 0.29) is 10.8 Å². The maximum Gasteiger partial charge on any atom is 0.136 e. The molecule has 0 unspecified atom stereocenters. The first-order valence-corrected chi connectivity index (χ1v) is 8.04. The highest BCUT2D eigenvalue weighted by molar-refractivity contribution is 7.90. The maximum absolute atomic E-state index is 12.0. The molecular formula is C12H20N2OS2. The van der Waals surface area contributed by atoms with Gasteiger partial charge in [0.15, 0.2) is 0 Å². The van der Waals surface area contributed by atoms with E-state index in [0.717, 1.165) is 5.01 Å². The Bertz CT molecular complexity index is 382. The molecular weight excluding hydrogens is 252 g/mol. The van der Waals surface area contributed by atoms with Crippen LogP contribution in [-0.4, -0.2) is 14.3 Å². The van der Waals surface area contributed by atoms with Crippen LogP contribution < -0.4 is 4.72 Å². The van der Waals surface area contributed by atoms with Crippen molar-refractivity contribution in [1.29, 1.82) is 0 Å². The highest BCUT2D eigenvalue weighted by Gasteiger charge is 2.30. The molecule has 0 spiro atoms. The number of nitrogens with one attached hydrogen (secondary N) is 1. The minimum Gasteiger partial charge on any atom is -0.598 e. The summed E-state index contributed by atoms with van der Waals surface area (Å²) in [5.74, 6) is 0.695. The van der Waals surface area contributed by atoms with Gasteiger partial charge in [-0.3, -0.25) is 0 Å². The molecule has 1 aromatic heterocycles. The Balaban J connectivity index is 1.96. The average molecular weight is 272 g/mol. The van der Waals surface area contributed by atoms with Crippen LogP contribution in [0.4, 0.5) is 0 Å². The van der Waals surface area contributed by atoms with E-state index in [9.17, 15) is 4.55 Å². The Morgan fingerprint density at radius 1 is 1.53 bits per heavy atom. The third kappa shape index (κ3) is 3.44. The molecule has 1 saturated carbocycles. The summed E-state index contributed by atoms with van der Waals surface area (Å²) in [4.78, 5) is 4.63. The standard InChI is InChI=1S/C12H20N2OS2/c1-8(14-17(15)12(2,3)4)11-13-10(7-16-11)9-5-6-9/h7-9,14H,5-6H2,1-4H3/t8-,17-/m1/s1. The van der Waals surface area contributed by atoms with Crippen molar-refractivity contribution in [3.8, 4) is 0 Å². The van der Waals surface area contributed by atoms with Crippen LogP contribution in [0.1, 0.15) is 63.2 Å². The number of rotatable bonds is 4. The summed E-state index contributed by atoms with van der Waals surface area (Å²) in [6.07, 6.45) is 2.55. The molecule has 1 fully saturated rings. The van der Waals surface area contributed by atoms with Crippen molar-refractivity contribution in [1.82, 2.24) is 9.71 Å². The van der Waals surface area contributed by atoms with Gasteiger partial charge in [-0.25, -0.2) is 4.98 Å². The van der Waals surface area contributed by atoms with Crippen LogP contribution in [0, 0.1) is 0 Å². The van der Waals surface area contributed by atoms with Gasteiger partial charge in [-0.1, -0.05) is 0 Å². The highest BCUT2D eigenvalue weighted by atomic mass is 32.2. The topological polar surface area (TPSA) is 48.0 Å². The first kappa shape index (κ1) is 13.3. The smallest absolute Gasteiger partial charge is 0.136 e. The van der Waals surface area contributed by atoms with Crippen LogP contribution in [0.2, 0.25) is 0 Å². The van der Waals surface area contributed by atoms with Crippen LogP contribution in [-0.2, 0) is 11.4 Å². The molecule has 1 N–H and O–H groups in total. The molecule has 1 aromatic rings. The fourth-order valence-corrected chi connectivity index (χ4v) is 3.22. The Kier molecular flexibility index (Phi) is 3.83. The number of hydrogen-bond acceptors (Lipinski definition) is 4. The predicted octanol–water partition coefficient (Wildman–Crippen LogP) is 3.13. The van der Waals surface area contributed by atoms with Crippen molar-refractivity contribution in [3.63, 3.8) is 0 Å². The lowest BCUT2D eigenvalue weighted by Gasteiger charge is -2.25. The molecule has 96 valence electrons. The Hall–Kier alpha value is -0.100. The Morgan fingerprint density at radius 3 is 2.71 bits per heavy atom. The fraction of sp³-hybridized carbons (Fsp3) is 0.750. The quantitative estimate of drug-likeness (QED) is 0.857. The lowest BCUT2D eigenvalue weighted by atomic mass is 10.3. The molecule has 0 radical (unpaired) electrons. The zero-order valence-electron chi connectivity index (χ0n) is 10.8. The van der Waals surface area contributed by atoms with E-state index in [2.05, 4.69) is 15.1 Å². The fourth-order valence-electron chi connectivity index (χ4n) is 1.45. The van der Waals surface area contributed by atoms with Crippen LogP contribution in [0.25, 0.3) is 0 Å². The van der Waals surface area contributed by atoms with Crippen molar-refractivity contribution in [2.24, 2.45) is 0 Å². The average Bonchev–Trinajstić information content (AvgIpc) is 2.95. The van der Waals surface area contributed by atoms with Crippen LogP contribution in [0.3, 0.4) is 0 Å². The van der Waals surface area contributed by atoms with Gasteiger partial charge < -0.3 is 4.55 Å². The number of nitrogens with zero attached hydrogens (tertiary/aromatic N) is 1. The van der Waals surface area contributed by atoms with E-state index in [1.807, 2.05) is 27.7 Å². The van der Waals surface area contributed by atoms with Gasteiger partial charge in [0, 0.05) is 22.7 Å². The SMILES string of the molecule is C[C@@H](N[S@+]([O-])C(C)(C)C)c1nc(C2CC2)cs1. The van der Waals surface area contributed by atoms with Crippen molar-refractivity contribution in [2.45, 2.75) is 57.2 Å². The van der Waals surface area contributed by atoms with Gasteiger partial charge in [0.25, 0.3) is 0 Å². The number of aromatic nitrogens is 1. The van der Waals surface area contributed by atoms with E-state index in [1.165, 1.54) is 18.5 Å². The summed E-state index contributed by atoms with van der Waals surface area (Å²) in [7, 11) is 0. The second-order valence-corrected chi connectivity index (χ2v) is 8.49. The maximum atomic E-state index is 12.0. The largest absolute Gasteiger partial charge is 0.598 e. The molecule has 3 nitrogen and oxygen atoms in total. The third-order valence-corrected chi connectivity index (χ3v) is 5.47. The number of hydrogen-bond donors (Lipinski definition) is 1. The molecule has 0 aliphatic heterocycles. The summed E-state index contributed by atoms with van der Waals surface area (Å²) in [5, 5.41) is 3.19. The molecule has 2 rings (SSSR count). The minimum absolute atomic E-state index is 0.0626. The van der Waals surface area contributed by atoms with Crippen molar-refractivity contribution < 1.29 is 4.55 Å². The van der Waals surface area contributed by atoms with Crippen molar-refractivity contribution in [3.05, 3.63) is 16.1 Å². The van der Waals surface area contributed by atoms with E-state index in [0.29, 0.717) is 5.92 Å². The summed E-state index contributed by atoms with van der Waals surface area (Å²) in [6, 6.07) is 0.0626. The van der Waals surface area contributed by atoms with E-state index in [4.69, 9.17) is 0 Å². The Morgan fingerprint density at radius 2 is 2.18 bits per heavy atom. The molecule has 0 saturated heterocycles. The van der Waals surface area contributed by atoms with Gasteiger partial charge >= 0.3 is 0 Å².